The summed E-state index contributed by atoms with van der Waals surface area (Å²) in [6.45, 7) is 0.111. The molecule has 58 valence electrons. The van der Waals surface area contributed by atoms with Gasteiger partial charge in [-0.05, 0) is 19.3 Å². The molecule has 0 radical (unpaired) electrons. The van der Waals surface area contributed by atoms with Gasteiger partial charge in [0.15, 0.2) is 0 Å². The highest BCUT2D eigenvalue weighted by atomic mass is 16.3. The van der Waals surface area contributed by atoms with Gasteiger partial charge in [0.25, 0.3) is 0 Å². The lowest BCUT2D eigenvalue weighted by Gasteiger charge is -2.12. The molecule has 1 rings (SSSR count). The van der Waals surface area contributed by atoms with Gasteiger partial charge in [0.1, 0.15) is 0 Å². The largest absolute Gasteiger partial charge is 0.396 e. The molecule has 0 aromatic carbocycles. The van der Waals surface area contributed by atoms with Crippen LogP contribution in [0.15, 0.2) is 0 Å². The second-order valence-corrected chi connectivity index (χ2v) is 2.74. The van der Waals surface area contributed by atoms with E-state index in [1.54, 1.807) is 0 Å². The molecule has 10 heavy (non-hydrogen) atoms. The second kappa shape index (κ2) is 2.46. The molecule has 0 aliphatic heterocycles. The zero-order valence-corrected chi connectivity index (χ0v) is 5.76. The van der Waals surface area contributed by atoms with Gasteiger partial charge in [0.05, 0.1) is 0 Å². The van der Waals surface area contributed by atoms with E-state index in [0.717, 1.165) is 12.8 Å². The molecule has 4 nitrogen and oxygen atoms in total. The topological polar surface area (TPSA) is 75.4 Å². The van der Waals surface area contributed by atoms with Crippen molar-refractivity contribution in [1.82, 2.24) is 5.32 Å². The fraction of sp³-hybridized carbons (Fsp3) is 0.833. The lowest BCUT2D eigenvalue weighted by atomic mass is 10.2. The van der Waals surface area contributed by atoms with Gasteiger partial charge in [0.2, 0.25) is 0 Å². The number of carbonyl (C=O) groups excluding carboxylic acids is 1. The summed E-state index contributed by atoms with van der Waals surface area (Å²) in [5, 5.41) is 11.2. The van der Waals surface area contributed by atoms with Crippen LogP contribution in [0.3, 0.4) is 0 Å². The van der Waals surface area contributed by atoms with Crippen molar-refractivity contribution >= 4 is 6.03 Å². The molecule has 2 amide bonds. The maximum absolute atomic E-state index is 10.4. The molecule has 0 atom stereocenters. The van der Waals surface area contributed by atoms with Gasteiger partial charge >= 0.3 is 6.03 Å². The highest BCUT2D eigenvalue weighted by Crippen LogP contribution is 2.37. The first-order valence-electron chi connectivity index (χ1n) is 3.37. The number of nitrogens with one attached hydrogen (secondary N) is 1. The number of hydrogen-bond acceptors (Lipinski definition) is 2. The second-order valence-electron chi connectivity index (χ2n) is 2.74. The Bertz CT molecular complexity index is 143. The third kappa shape index (κ3) is 1.60. The van der Waals surface area contributed by atoms with Crippen LogP contribution >= 0.6 is 0 Å². The summed E-state index contributed by atoms with van der Waals surface area (Å²) in [5.41, 5.74) is 4.76. The quantitative estimate of drug-likeness (QED) is 0.502. The summed E-state index contributed by atoms with van der Waals surface area (Å²) in [7, 11) is 0. The van der Waals surface area contributed by atoms with Gasteiger partial charge < -0.3 is 16.2 Å². The molecule has 0 aromatic heterocycles. The van der Waals surface area contributed by atoms with Crippen LogP contribution in [0.5, 0.6) is 0 Å². The van der Waals surface area contributed by atoms with Crippen molar-refractivity contribution in [3.05, 3.63) is 0 Å². The molecular weight excluding hydrogens is 132 g/mol. The van der Waals surface area contributed by atoms with Crippen molar-refractivity contribution in [2.75, 3.05) is 6.61 Å². The molecule has 0 heterocycles. The summed E-state index contributed by atoms with van der Waals surface area (Å²) in [6, 6.07) is -0.494. The number of nitrogens with two attached hydrogens (primary N) is 1. The van der Waals surface area contributed by atoms with Gasteiger partial charge in [-0.1, -0.05) is 0 Å². The number of aliphatic hydroxyl groups is 1. The highest BCUT2D eigenvalue weighted by Gasteiger charge is 2.42. The predicted octanol–water partition coefficient (Wildman–Crippen LogP) is -0.430. The molecule has 1 fully saturated rings. The third-order valence-electron chi connectivity index (χ3n) is 1.83. The van der Waals surface area contributed by atoms with E-state index in [0.29, 0.717) is 6.42 Å². The number of hydrogen-bond donors (Lipinski definition) is 3. The van der Waals surface area contributed by atoms with Gasteiger partial charge in [-0.3, -0.25) is 0 Å². The van der Waals surface area contributed by atoms with E-state index in [4.69, 9.17) is 10.8 Å². The van der Waals surface area contributed by atoms with Crippen molar-refractivity contribution in [3.63, 3.8) is 0 Å². The van der Waals surface area contributed by atoms with Crippen LogP contribution in [0.1, 0.15) is 19.3 Å². The summed E-state index contributed by atoms with van der Waals surface area (Å²) in [4.78, 5) is 10.4. The van der Waals surface area contributed by atoms with Crippen LogP contribution < -0.4 is 11.1 Å². The van der Waals surface area contributed by atoms with Crippen molar-refractivity contribution in [3.8, 4) is 0 Å². The zero-order chi connectivity index (χ0) is 7.61. The minimum Gasteiger partial charge on any atom is -0.396 e. The van der Waals surface area contributed by atoms with Gasteiger partial charge in [-0.2, -0.15) is 0 Å². The Kier molecular flexibility index (Phi) is 1.80. The average Bonchev–Trinajstić information content (AvgIpc) is 2.47. The van der Waals surface area contributed by atoms with Gasteiger partial charge in [0, 0.05) is 12.1 Å². The molecule has 0 bridgehead atoms. The molecule has 1 aliphatic rings. The lowest BCUT2D eigenvalue weighted by Crippen LogP contribution is -2.40. The Morgan fingerprint density at radius 3 is 2.60 bits per heavy atom. The van der Waals surface area contributed by atoms with Crippen molar-refractivity contribution in [2.24, 2.45) is 5.73 Å². The fourth-order valence-electron chi connectivity index (χ4n) is 1.06. The highest BCUT2D eigenvalue weighted by molar-refractivity contribution is 5.73. The minimum absolute atomic E-state index is 0.111. The Morgan fingerprint density at radius 2 is 2.30 bits per heavy atom. The first-order valence-corrected chi connectivity index (χ1v) is 3.37. The predicted molar refractivity (Wildman–Crippen MR) is 36.4 cm³/mol. The van der Waals surface area contributed by atoms with Crippen LogP contribution in [0.25, 0.3) is 0 Å². The van der Waals surface area contributed by atoms with E-state index in [1.807, 2.05) is 0 Å². The van der Waals surface area contributed by atoms with E-state index in [1.165, 1.54) is 0 Å². The van der Waals surface area contributed by atoms with Crippen LogP contribution in [-0.2, 0) is 0 Å². The Hall–Kier alpha value is -0.770. The average molecular weight is 144 g/mol. The molecule has 4 N–H and O–H groups in total. The standard InChI is InChI=1S/C6H12N2O2/c7-5(10)8-6(1-2-6)3-4-9/h9H,1-4H2,(H3,7,8,10). The van der Waals surface area contributed by atoms with E-state index < -0.39 is 6.03 Å². The van der Waals surface area contributed by atoms with E-state index >= 15 is 0 Å². The molecule has 4 heteroatoms. The molecule has 0 unspecified atom stereocenters. The number of primary amides is 1. The van der Waals surface area contributed by atoms with Gasteiger partial charge in [-0.15, -0.1) is 0 Å². The Morgan fingerprint density at radius 1 is 1.70 bits per heavy atom. The molecule has 0 spiro atoms. The van der Waals surface area contributed by atoms with Crippen molar-refractivity contribution in [1.29, 1.82) is 0 Å². The van der Waals surface area contributed by atoms with Crippen LogP contribution in [-0.4, -0.2) is 23.3 Å². The summed E-state index contributed by atoms with van der Waals surface area (Å²) in [5.74, 6) is 0. The van der Waals surface area contributed by atoms with Crippen LogP contribution in [0, 0.1) is 0 Å². The summed E-state index contributed by atoms with van der Waals surface area (Å²) in [6.07, 6.45) is 2.50. The van der Waals surface area contributed by atoms with Crippen LogP contribution in [0.4, 0.5) is 4.79 Å². The van der Waals surface area contributed by atoms with Gasteiger partial charge in [-0.25, -0.2) is 4.79 Å². The zero-order valence-electron chi connectivity index (χ0n) is 5.76. The van der Waals surface area contributed by atoms with E-state index in [9.17, 15) is 4.79 Å². The molecular formula is C6H12N2O2. The summed E-state index contributed by atoms with van der Waals surface area (Å²) >= 11 is 0. The summed E-state index contributed by atoms with van der Waals surface area (Å²) < 4.78 is 0. The van der Waals surface area contributed by atoms with E-state index in [2.05, 4.69) is 5.32 Å². The molecule has 0 aromatic rings. The number of carbonyl (C=O) groups is 1. The first kappa shape index (κ1) is 7.34. The lowest BCUT2D eigenvalue weighted by molar-refractivity contribution is 0.232. The number of urea groups is 1. The minimum atomic E-state index is -0.494. The normalized spacial score (nSPS) is 20.1. The first-order chi connectivity index (χ1) is 4.68. The van der Waals surface area contributed by atoms with Crippen molar-refractivity contribution < 1.29 is 9.90 Å². The SMILES string of the molecule is NC(=O)NC1(CCO)CC1. The monoisotopic (exact) mass is 144 g/mol. The van der Waals surface area contributed by atoms with E-state index in [-0.39, 0.29) is 12.1 Å². The Labute approximate surface area is 59.4 Å². The Balaban J connectivity index is 2.30. The van der Waals surface area contributed by atoms with Crippen molar-refractivity contribution in [2.45, 2.75) is 24.8 Å². The van der Waals surface area contributed by atoms with Crippen LogP contribution in [0.2, 0.25) is 0 Å². The maximum atomic E-state index is 10.4. The molecule has 0 saturated heterocycles. The number of rotatable bonds is 3. The fourth-order valence-corrected chi connectivity index (χ4v) is 1.06. The number of aliphatic hydroxyl groups excluding tert-OH is 1. The third-order valence-corrected chi connectivity index (χ3v) is 1.83. The number of amides is 2. The smallest absolute Gasteiger partial charge is 0.312 e. The molecule has 1 aliphatic carbocycles. The maximum Gasteiger partial charge on any atom is 0.312 e. The molecule has 1 saturated carbocycles.